The van der Waals surface area contributed by atoms with Gasteiger partial charge in [-0.15, -0.1) is 0 Å². The summed E-state index contributed by atoms with van der Waals surface area (Å²) in [5, 5.41) is 0. The third-order valence-corrected chi connectivity index (χ3v) is 2.95. The molecule has 0 aromatic carbocycles. The summed E-state index contributed by atoms with van der Waals surface area (Å²) in [6.07, 6.45) is -0.157. The van der Waals surface area contributed by atoms with E-state index in [4.69, 9.17) is 5.73 Å². The van der Waals surface area contributed by atoms with Gasteiger partial charge in [-0.05, 0) is 29.6 Å². The van der Waals surface area contributed by atoms with E-state index in [1.165, 1.54) is 0 Å². The van der Waals surface area contributed by atoms with E-state index in [1.54, 1.807) is 12.3 Å². The molecule has 4 N–H and O–H groups in total. The number of nitrogens with two attached hydrogens (primary N) is 1. The first-order valence-electron chi connectivity index (χ1n) is 7.13. The summed E-state index contributed by atoms with van der Waals surface area (Å²) in [4.78, 5) is 4.26. The second-order valence-electron chi connectivity index (χ2n) is 5.84. The van der Waals surface area contributed by atoms with Gasteiger partial charge in [-0.2, -0.15) is 13.2 Å². The van der Waals surface area contributed by atoms with Gasteiger partial charge in [0.05, 0.1) is 11.4 Å². The van der Waals surface area contributed by atoms with Crippen molar-refractivity contribution in [3.63, 3.8) is 0 Å². The second-order valence-corrected chi connectivity index (χ2v) is 5.84. The van der Waals surface area contributed by atoms with E-state index in [0.717, 1.165) is 11.6 Å². The van der Waals surface area contributed by atoms with Crippen LogP contribution in [0, 0.1) is 11.8 Å². The molecule has 1 aliphatic rings. The Kier molecular flexibility index (Phi) is 6.08. The lowest BCUT2D eigenvalue weighted by atomic mass is 10.0. The van der Waals surface area contributed by atoms with E-state index < -0.39 is 11.9 Å². The number of nitrogens with zero attached hydrogens (tertiary/aromatic N) is 1. The average molecular weight is 316 g/mol. The van der Waals surface area contributed by atoms with Crippen LogP contribution in [0.4, 0.5) is 13.2 Å². The van der Waals surface area contributed by atoms with E-state index in [-0.39, 0.29) is 17.5 Å². The van der Waals surface area contributed by atoms with Crippen molar-refractivity contribution in [2.75, 3.05) is 6.54 Å². The largest absolute Gasteiger partial charge is 0.430 e. The number of hydrazine groups is 1. The molecule has 0 spiro atoms. The van der Waals surface area contributed by atoms with Crippen molar-refractivity contribution in [1.82, 2.24) is 10.9 Å². The van der Waals surface area contributed by atoms with Gasteiger partial charge in [-0.3, -0.25) is 10.4 Å². The number of rotatable bonds is 5. The van der Waals surface area contributed by atoms with Gasteiger partial charge in [-0.25, -0.2) is 0 Å². The van der Waals surface area contributed by atoms with Gasteiger partial charge < -0.3 is 11.2 Å². The minimum Gasteiger partial charge on any atom is -0.395 e. The van der Waals surface area contributed by atoms with E-state index in [1.807, 2.05) is 27.7 Å². The van der Waals surface area contributed by atoms with Crippen molar-refractivity contribution in [2.24, 2.45) is 22.6 Å². The highest BCUT2D eigenvalue weighted by Gasteiger charge is 2.32. The summed E-state index contributed by atoms with van der Waals surface area (Å²) >= 11 is 0. The molecule has 0 aromatic heterocycles. The zero-order chi connectivity index (χ0) is 16.9. The fourth-order valence-electron chi connectivity index (χ4n) is 1.63. The van der Waals surface area contributed by atoms with Crippen LogP contribution in [-0.2, 0) is 0 Å². The highest BCUT2D eigenvalue weighted by molar-refractivity contribution is 6.08. The molecule has 0 bridgehead atoms. The van der Waals surface area contributed by atoms with Crippen molar-refractivity contribution in [3.05, 3.63) is 35.3 Å². The van der Waals surface area contributed by atoms with E-state index in [2.05, 4.69) is 15.8 Å². The molecule has 0 aliphatic carbocycles. The minimum absolute atomic E-state index is 0.183. The molecule has 0 fully saturated rings. The Labute approximate surface area is 129 Å². The monoisotopic (exact) mass is 316 g/mol. The van der Waals surface area contributed by atoms with Crippen molar-refractivity contribution < 1.29 is 13.2 Å². The third-order valence-electron chi connectivity index (χ3n) is 2.95. The number of allylic oxidation sites excluding steroid dienone is 4. The molecule has 1 rings (SSSR count). The summed E-state index contributed by atoms with van der Waals surface area (Å²) in [6.45, 7) is 8.29. The Morgan fingerprint density at radius 3 is 2.45 bits per heavy atom. The maximum atomic E-state index is 12.7. The maximum Gasteiger partial charge on any atom is 0.430 e. The van der Waals surface area contributed by atoms with Gasteiger partial charge in [0, 0.05) is 12.7 Å². The highest BCUT2D eigenvalue weighted by atomic mass is 19.4. The summed E-state index contributed by atoms with van der Waals surface area (Å²) in [5.41, 5.74) is 11.2. The van der Waals surface area contributed by atoms with E-state index in [9.17, 15) is 13.2 Å². The quantitative estimate of drug-likeness (QED) is 0.683. The molecule has 4 nitrogen and oxygen atoms in total. The van der Waals surface area contributed by atoms with Crippen LogP contribution in [-0.4, -0.2) is 18.4 Å². The average Bonchev–Trinajstić information content (AvgIpc) is 2.41. The van der Waals surface area contributed by atoms with Crippen LogP contribution in [0.15, 0.2) is 40.3 Å². The molecule has 0 aromatic rings. The molecule has 1 heterocycles. The molecule has 0 saturated carbocycles. The van der Waals surface area contributed by atoms with Gasteiger partial charge in [0.1, 0.15) is 5.70 Å². The van der Waals surface area contributed by atoms with E-state index in [0.29, 0.717) is 12.2 Å². The molecule has 0 radical (unpaired) electrons. The molecular formula is C15H23F3N4. The number of aliphatic imine (C=N–C) groups is 1. The van der Waals surface area contributed by atoms with Gasteiger partial charge in [0.15, 0.2) is 0 Å². The lowest BCUT2D eigenvalue weighted by molar-refractivity contribution is -0.0925. The standard InChI is InChI=1S/C15H23F3N4/c1-9(2)7-20-12(6-14(19)15(16,17)18)13-5-11(10(3)4)8-21-22-13/h5-6,8-10,21-22H,7,19H2,1-4H3/b14-6-,20-12?. The van der Waals surface area contributed by atoms with Crippen molar-refractivity contribution in [2.45, 2.75) is 33.9 Å². The topological polar surface area (TPSA) is 62.4 Å². The normalized spacial score (nSPS) is 17.1. The fraction of sp³-hybridized carbons (Fsp3) is 0.533. The first-order valence-corrected chi connectivity index (χ1v) is 7.13. The van der Waals surface area contributed by atoms with Crippen LogP contribution in [0.2, 0.25) is 0 Å². The van der Waals surface area contributed by atoms with E-state index >= 15 is 0 Å². The number of halogens is 3. The fourth-order valence-corrected chi connectivity index (χ4v) is 1.63. The number of hydrogen-bond acceptors (Lipinski definition) is 4. The Hall–Kier alpha value is -1.92. The van der Waals surface area contributed by atoms with Crippen LogP contribution in [0.5, 0.6) is 0 Å². The molecule has 7 heteroatoms. The SMILES string of the molecule is CC(C)CN=C(/C=C(\N)C(F)(F)F)C1=CC(C(C)C)=CNN1. The lowest BCUT2D eigenvalue weighted by Gasteiger charge is -2.20. The smallest absolute Gasteiger partial charge is 0.395 e. The zero-order valence-electron chi connectivity index (χ0n) is 13.3. The Bertz CT molecular complexity index is 511. The number of hydrogen-bond donors (Lipinski definition) is 3. The molecule has 0 amide bonds. The summed E-state index contributed by atoms with van der Waals surface area (Å²) in [5.74, 6) is 0.465. The Balaban J connectivity index is 3.17. The first kappa shape index (κ1) is 18.1. The minimum atomic E-state index is -4.57. The second kappa shape index (κ2) is 7.38. The molecule has 0 saturated heterocycles. The molecular weight excluding hydrogens is 293 g/mol. The van der Waals surface area contributed by atoms with Crippen LogP contribution in [0.3, 0.4) is 0 Å². The molecule has 124 valence electrons. The Morgan fingerprint density at radius 1 is 1.32 bits per heavy atom. The van der Waals surface area contributed by atoms with Gasteiger partial charge in [0.25, 0.3) is 0 Å². The van der Waals surface area contributed by atoms with Crippen LogP contribution >= 0.6 is 0 Å². The first-order chi connectivity index (χ1) is 10.1. The summed E-state index contributed by atoms with van der Waals surface area (Å²) in [6, 6.07) is 0. The Morgan fingerprint density at radius 2 is 1.95 bits per heavy atom. The van der Waals surface area contributed by atoms with Gasteiger partial charge in [0.2, 0.25) is 0 Å². The predicted molar refractivity (Wildman–Crippen MR) is 82.7 cm³/mol. The van der Waals surface area contributed by atoms with Gasteiger partial charge >= 0.3 is 6.18 Å². The van der Waals surface area contributed by atoms with Crippen LogP contribution in [0.25, 0.3) is 0 Å². The number of alkyl halides is 3. The van der Waals surface area contributed by atoms with Crippen LogP contribution < -0.4 is 16.6 Å². The lowest BCUT2D eigenvalue weighted by Crippen LogP contribution is -2.34. The van der Waals surface area contributed by atoms with Crippen molar-refractivity contribution >= 4 is 5.71 Å². The van der Waals surface area contributed by atoms with Crippen molar-refractivity contribution in [1.29, 1.82) is 0 Å². The third kappa shape index (κ3) is 5.46. The molecule has 22 heavy (non-hydrogen) atoms. The predicted octanol–water partition coefficient (Wildman–Crippen LogP) is 3.02. The molecule has 0 unspecified atom stereocenters. The summed E-state index contributed by atoms with van der Waals surface area (Å²) in [7, 11) is 0. The zero-order valence-corrected chi connectivity index (χ0v) is 13.3. The van der Waals surface area contributed by atoms with Crippen molar-refractivity contribution in [3.8, 4) is 0 Å². The van der Waals surface area contributed by atoms with Gasteiger partial charge in [-0.1, -0.05) is 27.7 Å². The maximum absolute atomic E-state index is 12.7. The summed E-state index contributed by atoms with van der Waals surface area (Å²) < 4.78 is 38.0. The molecule has 0 atom stereocenters. The number of nitrogens with one attached hydrogen (secondary N) is 2. The highest BCUT2D eigenvalue weighted by Crippen LogP contribution is 2.22. The molecule has 1 aliphatic heterocycles. The van der Waals surface area contributed by atoms with Crippen LogP contribution in [0.1, 0.15) is 27.7 Å².